The van der Waals surface area contributed by atoms with E-state index in [2.05, 4.69) is 10.6 Å². The average molecular weight is 234 g/mol. The van der Waals surface area contributed by atoms with Gasteiger partial charge in [0.15, 0.2) is 6.04 Å². The Morgan fingerprint density at radius 3 is 2.88 bits per heavy atom. The molecule has 1 fully saturated rings. The van der Waals surface area contributed by atoms with Gasteiger partial charge in [-0.25, -0.2) is 4.79 Å². The molecule has 1 heterocycles. The number of ether oxygens (including phenoxy) is 1. The molecule has 2 N–H and O–H groups in total. The highest BCUT2D eigenvalue weighted by molar-refractivity contribution is 6.02. The summed E-state index contributed by atoms with van der Waals surface area (Å²) in [6.45, 7) is 1.24. The molecule has 1 saturated heterocycles. The second-order valence-corrected chi connectivity index (χ2v) is 3.76. The van der Waals surface area contributed by atoms with Crippen LogP contribution in [0, 0.1) is 0 Å². The Morgan fingerprint density at radius 1 is 1.41 bits per heavy atom. The molecule has 0 aromatic heterocycles. The fourth-order valence-electron chi connectivity index (χ4n) is 1.61. The van der Waals surface area contributed by atoms with Gasteiger partial charge in [0.05, 0.1) is 0 Å². The minimum atomic E-state index is -0.882. The molecule has 1 aromatic rings. The standard InChI is InChI=1S/C12H14N2O3/c15-11(10-12(16)17-7-6-13-10)14-8-9-4-2-1-3-5-9/h1-5,10,13H,6-8H2,(H,14,15)/t10-/m0/s1. The van der Waals surface area contributed by atoms with Crippen molar-refractivity contribution in [3.8, 4) is 0 Å². The highest BCUT2D eigenvalue weighted by Crippen LogP contribution is 1.99. The van der Waals surface area contributed by atoms with Crippen LogP contribution in [0.5, 0.6) is 0 Å². The number of benzene rings is 1. The van der Waals surface area contributed by atoms with Crippen LogP contribution in [0.4, 0.5) is 0 Å². The van der Waals surface area contributed by atoms with Crippen LogP contribution in [-0.2, 0) is 20.9 Å². The van der Waals surface area contributed by atoms with Gasteiger partial charge in [0.2, 0.25) is 5.91 Å². The lowest BCUT2D eigenvalue weighted by Gasteiger charge is -2.21. The summed E-state index contributed by atoms with van der Waals surface area (Å²) in [5.41, 5.74) is 0.991. The average Bonchev–Trinajstić information content (AvgIpc) is 2.38. The van der Waals surface area contributed by atoms with Crippen molar-refractivity contribution in [1.82, 2.24) is 10.6 Å². The molecule has 0 bridgehead atoms. The Balaban J connectivity index is 1.87. The maximum absolute atomic E-state index is 11.7. The summed E-state index contributed by atoms with van der Waals surface area (Å²) in [4.78, 5) is 23.0. The van der Waals surface area contributed by atoms with E-state index in [-0.39, 0.29) is 5.91 Å². The first-order valence-electron chi connectivity index (χ1n) is 5.49. The van der Waals surface area contributed by atoms with Gasteiger partial charge in [-0.1, -0.05) is 30.3 Å². The molecular formula is C12H14N2O3. The first-order chi connectivity index (χ1) is 8.27. The second kappa shape index (κ2) is 5.45. The number of amides is 1. The number of carbonyl (C=O) groups is 2. The molecule has 0 aliphatic carbocycles. The fourth-order valence-corrected chi connectivity index (χ4v) is 1.61. The Morgan fingerprint density at radius 2 is 2.18 bits per heavy atom. The molecule has 1 aliphatic heterocycles. The highest BCUT2D eigenvalue weighted by Gasteiger charge is 2.30. The maximum atomic E-state index is 11.7. The van der Waals surface area contributed by atoms with E-state index in [4.69, 9.17) is 4.74 Å². The monoisotopic (exact) mass is 234 g/mol. The molecule has 0 unspecified atom stereocenters. The van der Waals surface area contributed by atoms with Gasteiger partial charge in [0, 0.05) is 13.1 Å². The predicted octanol–water partition coefficient (Wildman–Crippen LogP) is -0.182. The van der Waals surface area contributed by atoms with Crippen molar-refractivity contribution < 1.29 is 14.3 Å². The third kappa shape index (κ3) is 3.04. The lowest BCUT2D eigenvalue weighted by atomic mass is 10.2. The minimum Gasteiger partial charge on any atom is -0.463 e. The van der Waals surface area contributed by atoms with Crippen LogP contribution in [0.3, 0.4) is 0 Å². The molecule has 0 saturated carbocycles. The van der Waals surface area contributed by atoms with Gasteiger partial charge < -0.3 is 10.1 Å². The van der Waals surface area contributed by atoms with E-state index < -0.39 is 12.0 Å². The summed E-state index contributed by atoms with van der Waals surface area (Å²) < 4.78 is 4.80. The number of morpholine rings is 1. The van der Waals surface area contributed by atoms with E-state index in [1.165, 1.54) is 0 Å². The van der Waals surface area contributed by atoms with E-state index in [1.54, 1.807) is 0 Å². The summed E-state index contributed by atoms with van der Waals surface area (Å²) in [5.74, 6) is -0.861. The summed E-state index contributed by atoms with van der Waals surface area (Å²) in [7, 11) is 0. The molecule has 2 rings (SSSR count). The van der Waals surface area contributed by atoms with E-state index in [9.17, 15) is 9.59 Å². The molecule has 0 radical (unpaired) electrons. The van der Waals surface area contributed by atoms with Crippen LogP contribution < -0.4 is 10.6 Å². The number of carbonyl (C=O) groups excluding carboxylic acids is 2. The lowest BCUT2D eigenvalue weighted by molar-refractivity contribution is -0.153. The third-order valence-corrected chi connectivity index (χ3v) is 2.50. The zero-order chi connectivity index (χ0) is 12.1. The van der Waals surface area contributed by atoms with Crippen molar-refractivity contribution in [3.63, 3.8) is 0 Å². The first-order valence-corrected chi connectivity index (χ1v) is 5.49. The highest BCUT2D eigenvalue weighted by atomic mass is 16.5. The van der Waals surface area contributed by atoms with Crippen LogP contribution in [0.25, 0.3) is 0 Å². The van der Waals surface area contributed by atoms with E-state index >= 15 is 0 Å². The van der Waals surface area contributed by atoms with E-state index in [1.807, 2.05) is 30.3 Å². The summed E-state index contributed by atoms with van der Waals surface area (Å²) >= 11 is 0. The molecule has 90 valence electrons. The molecular weight excluding hydrogens is 220 g/mol. The van der Waals surface area contributed by atoms with E-state index in [0.717, 1.165) is 5.56 Å². The smallest absolute Gasteiger partial charge is 0.333 e. The third-order valence-electron chi connectivity index (χ3n) is 2.50. The molecule has 5 nitrogen and oxygen atoms in total. The summed E-state index contributed by atoms with van der Waals surface area (Å²) in [6.07, 6.45) is 0. The molecule has 1 aromatic carbocycles. The van der Waals surface area contributed by atoms with Crippen molar-refractivity contribution in [2.45, 2.75) is 12.6 Å². The van der Waals surface area contributed by atoms with Crippen molar-refractivity contribution in [2.75, 3.05) is 13.2 Å². The van der Waals surface area contributed by atoms with Crippen LogP contribution in [0.15, 0.2) is 30.3 Å². The SMILES string of the molecule is O=C(NCc1ccccc1)[C@@H]1NCCOC1=O. The number of cyclic esters (lactones) is 1. The lowest BCUT2D eigenvalue weighted by Crippen LogP contribution is -2.54. The van der Waals surface area contributed by atoms with Gasteiger partial charge in [-0.2, -0.15) is 0 Å². The van der Waals surface area contributed by atoms with Crippen LogP contribution in [0.2, 0.25) is 0 Å². The maximum Gasteiger partial charge on any atom is 0.333 e. The van der Waals surface area contributed by atoms with Crippen LogP contribution in [0.1, 0.15) is 5.56 Å². The quantitative estimate of drug-likeness (QED) is 0.562. The first kappa shape index (κ1) is 11.6. The normalized spacial score (nSPS) is 19.5. The van der Waals surface area contributed by atoms with Gasteiger partial charge >= 0.3 is 5.97 Å². The Labute approximate surface area is 99.2 Å². The zero-order valence-electron chi connectivity index (χ0n) is 9.31. The zero-order valence-corrected chi connectivity index (χ0v) is 9.31. The molecule has 1 atom stereocenters. The number of rotatable bonds is 3. The second-order valence-electron chi connectivity index (χ2n) is 3.76. The van der Waals surface area contributed by atoms with Gasteiger partial charge in [-0.3, -0.25) is 10.1 Å². The summed E-state index contributed by atoms with van der Waals surface area (Å²) in [5, 5.41) is 5.52. The van der Waals surface area contributed by atoms with E-state index in [0.29, 0.717) is 19.7 Å². The van der Waals surface area contributed by atoms with Crippen LogP contribution in [-0.4, -0.2) is 31.1 Å². The van der Waals surface area contributed by atoms with Gasteiger partial charge in [0.1, 0.15) is 6.61 Å². The molecule has 0 spiro atoms. The predicted molar refractivity (Wildman–Crippen MR) is 61.0 cm³/mol. The van der Waals surface area contributed by atoms with Crippen LogP contribution >= 0.6 is 0 Å². The van der Waals surface area contributed by atoms with Gasteiger partial charge in [-0.15, -0.1) is 0 Å². The van der Waals surface area contributed by atoms with Crippen molar-refractivity contribution in [1.29, 1.82) is 0 Å². The molecule has 17 heavy (non-hydrogen) atoms. The Bertz CT molecular complexity index is 405. The fraction of sp³-hybridized carbons (Fsp3) is 0.333. The molecule has 5 heteroatoms. The summed E-state index contributed by atoms with van der Waals surface area (Å²) in [6, 6.07) is 8.64. The largest absolute Gasteiger partial charge is 0.463 e. The number of hydrogen-bond donors (Lipinski definition) is 2. The van der Waals surface area contributed by atoms with Crippen molar-refractivity contribution in [3.05, 3.63) is 35.9 Å². The van der Waals surface area contributed by atoms with Gasteiger partial charge in [-0.05, 0) is 5.56 Å². The van der Waals surface area contributed by atoms with Crippen molar-refractivity contribution in [2.24, 2.45) is 0 Å². The molecule has 1 aliphatic rings. The van der Waals surface area contributed by atoms with Crippen molar-refractivity contribution >= 4 is 11.9 Å². The minimum absolute atomic E-state index is 0.321. The molecule has 1 amide bonds. The number of nitrogens with one attached hydrogen (secondary N) is 2. The number of hydrogen-bond acceptors (Lipinski definition) is 4. The Kier molecular flexibility index (Phi) is 3.72. The topological polar surface area (TPSA) is 67.4 Å². The Hall–Kier alpha value is -1.88. The van der Waals surface area contributed by atoms with Gasteiger partial charge in [0.25, 0.3) is 0 Å². The number of esters is 1.